The van der Waals surface area contributed by atoms with Gasteiger partial charge in [0, 0.05) is 7.05 Å². The van der Waals surface area contributed by atoms with Crippen LogP contribution in [0.15, 0.2) is 16.7 Å². The van der Waals surface area contributed by atoms with Gasteiger partial charge < -0.3 is 10.2 Å². The lowest BCUT2D eigenvalue weighted by Gasteiger charge is -2.17. The first-order valence-corrected chi connectivity index (χ1v) is 7.19. The maximum atomic E-state index is 11.5. The van der Waals surface area contributed by atoms with Crippen molar-refractivity contribution < 1.29 is 17.6 Å². The number of furan rings is 1. The third-order valence-electron chi connectivity index (χ3n) is 2.79. The molecule has 0 aliphatic rings. The highest BCUT2D eigenvalue weighted by atomic mass is 32.2. The molecule has 0 fully saturated rings. The normalized spacial score (nSPS) is 11.7. The Morgan fingerprint density at radius 1 is 1.47 bits per heavy atom. The van der Waals surface area contributed by atoms with E-state index in [4.69, 9.17) is 10.2 Å². The fourth-order valence-corrected chi connectivity index (χ4v) is 2.21. The number of aromatic nitrogens is 1. The number of amides is 1. The van der Waals surface area contributed by atoms with Crippen LogP contribution in [-0.4, -0.2) is 32.6 Å². The topological polar surface area (TPSA) is 106 Å². The molecule has 0 atom stereocenters. The van der Waals surface area contributed by atoms with Gasteiger partial charge in [-0.05, 0) is 18.6 Å². The molecule has 102 valence electrons. The lowest BCUT2D eigenvalue weighted by molar-refractivity contribution is 0.100. The summed E-state index contributed by atoms with van der Waals surface area (Å²) in [4.78, 5) is 15.3. The maximum Gasteiger partial charge on any atom is 0.252 e. The molecule has 0 spiro atoms. The average Bonchev–Trinajstić information content (AvgIpc) is 2.68. The van der Waals surface area contributed by atoms with E-state index < -0.39 is 15.9 Å². The first kappa shape index (κ1) is 13.3. The van der Waals surface area contributed by atoms with Crippen molar-refractivity contribution in [1.29, 1.82) is 0 Å². The smallest absolute Gasteiger partial charge is 0.252 e. The predicted molar refractivity (Wildman–Crippen MR) is 70.5 cm³/mol. The van der Waals surface area contributed by atoms with Crippen LogP contribution in [-0.2, 0) is 10.0 Å². The molecular weight excluding hydrogens is 270 g/mol. The number of sulfonamides is 1. The Hall–Kier alpha value is -2.09. The van der Waals surface area contributed by atoms with E-state index in [2.05, 4.69) is 4.98 Å². The molecule has 1 amide bonds. The van der Waals surface area contributed by atoms with Gasteiger partial charge in [-0.3, -0.25) is 9.10 Å². The predicted octanol–water partition coefficient (Wildman–Crippen LogP) is 0.631. The third kappa shape index (κ3) is 2.26. The summed E-state index contributed by atoms with van der Waals surface area (Å²) in [5, 5.41) is 0.468. The van der Waals surface area contributed by atoms with E-state index in [9.17, 15) is 13.2 Å². The Labute approximate surface area is 110 Å². The second-order valence-electron chi connectivity index (χ2n) is 4.23. The first-order valence-electron chi connectivity index (χ1n) is 5.34. The highest BCUT2D eigenvalue weighted by Crippen LogP contribution is 2.26. The molecule has 0 saturated heterocycles. The minimum atomic E-state index is -3.42. The van der Waals surface area contributed by atoms with Gasteiger partial charge in [0.1, 0.15) is 12.1 Å². The van der Waals surface area contributed by atoms with Gasteiger partial charge >= 0.3 is 0 Å². The quantitative estimate of drug-likeness (QED) is 0.889. The Morgan fingerprint density at radius 2 is 2.11 bits per heavy atom. The van der Waals surface area contributed by atoms with Crippen molar-refractivity contribution in [2.45, 2.75) is 6.92 Å². The summed E-state index contributed by atoms with van der Waals surface area (Å²) in [5.74, 6) is -0.371. The van der Waals surface area contributed by atoms with Crippen molar-refractivity contribution in [2.75, 3.05) is 17.6 Å². The van der Waals surface area contributed by atoms with Crippen molar-refractivity contribution in [2.24, 2.45) is 5.73 Å². The molecule has 2 N–H and O–H groups in total. The van der Waals surface area contributed by atoms with Gasteiger partial charge in [-0.25, -0.2) is 8.42 Å². The van der Waals surface area contributed by atoms with Crippen molar-refractivity contribution in [3.8, 4) is 0 Å². The van der Waals surface area contributed by atoms with E-state index in [-0.39, 0.29) is 17.1 Å². The third-order valence-corrected chi connectivity index (χ3v) is 3.96. The Morgan fingerprint density at radius 3 is 2.63 bits per heavy atom. The lowest BCUT2D eigenvalue weighted by Crippen LogP contribution is -2.26. The van der Waals surface area contributed by atoms with Crippen molar-refractivity contribution in [3.63, 3.8) is 0 Å². The standard InChI is InChI=1S/C11H13N3O4S/c1-6-4-7-8(9(12)15)5-18-11(7)13-10(6)14(2)19(3,16)17/h4-5H,1-3H3,(H2,12,15). The summed E-state index contributed by atoms with van der Waals surface area (Å²) in [5.41, 5.74) is 6.20. The molecule has 2 aromatic rings. The fraction of sp³-hybridized carbons (Fsp3) is 0.273. The lowest BCUT2D eigenvalue weighted by atomic mass is 10.1. The Kier molecular flexibility index (Phi) is 2.97. The zero-order valence-corrected chi connectivity index (χ0v) is 11.5. The minimum Gasteiger partial charge on any atom is -0.445 e. The fourth-order valence-electron chi connectivity index (χ4n) is 1.72. The molecule has 2 heterocycles. The van der Waals surface area contributed by atoms with Crippen molar-refractivity contribution in [3.05, 3.63) is 23.5 Å². The monoisotopic (exact) mass is 283 g/mol. The summed E-state index contributed by atoms with van der Waals surface area (Å²) in [6.45, 7) is 1.70. The molecule has 2 aromatic heterocycles. The van der Waals surface area contributed by atoms with E-state index in [0.29, 0.717) is 10.9 Å². The number of carbonyl (C=O) groups excluding carboxylic acids is 1. The van der Waals surface area contributed by atoms with E-state index in [1.54, 1.807) is 13.0 Å². The number of carbonyl (C=O) groups is 1. The van der Waals surface area contributed by atoms with E-state index in [1.165, 1.54) is 13.3 Å². The van der Waals surface area contributed by atoms with Crippen LogP contribution in [0.2, 0.25) is 0 Å². The molecule has 0 aliphatic heterocycles. The first-order chi connectivity index (χ1) is 8.71. The van der Waals surface area contributed by atoms with Crippen molar-refractivity contribution >= 4 is 32.8 Å². The molecule has 0 bridgehead atoms. The van der Waals surface area contributed by atoms with Gasteiger partial charge in [-0.1, -0.05) is 0 Å². The van der Waals surface area contributed by atoms with Crippen LogP contribution in [0.4, 0.5) is 5.82 Å². The summed E-state index contributed by atoms with van der Waals surface area (Å²) in [7, 11) is -2.02. The number of fused-ring (bicyclic) bond motifs is 1. The summed E-state index contributed by atoms with van der Waals surface area (Å²) in [6.07, 6.45) is 2.29. The number of aryl methyl sites for hydroxylation is 1. The van der Waals surface area contributed by atoms with Crippen LogP contribution in [0.1, 0.15) is 15.9 Å². The SMILES string of the molecule is Cc1cc2c(C(N)=O)coc2nc1N(C)S(C)(=O)=O. The number of nitrogens with two attached hydrogens (primary N) is 1. The molecule has 19 heavy (non-hydrogen) atoms. The summed E-state index contributed by atoms with van der Waals surface area (Å²) >= 11 is 0. The number of nitrogens with zero attached hydrogens (tertiary/aromatic N) is 2. The van der Waals surface area contributed by atoms with Crippen LogP contribution in [0.3, 0.4) is 0 Å². The average molecular weight is 283 g/mol. The second kappa shape index (κ2) is 4.23. The number of hydrogen-bond acceptors (Lipinski definition) is 5. The molecule has 7 nitrogen and oxygen atoms in total. The highest BCUT2D eigenvalue weighted by Gasteiger charge is 2.19. The number of hydrogen-bond donors (Lipinski definition) is 1. The molecule has 8 heteroatoms. The molecular formula is C11H13N3O4S. The largest absolute Gasteiger partial charge is 0.445 e. The molecule has 0 aliphatic carbocycles. The molecule has 0 aromatic carbocycles. The van der Waals surface area contributed by atoms with E-state index in [1.807, 2.05) is 0 Å². The van der Waals surface area contributed by atoms with E-state index in [0.717, 1.165) is 10.6 Å². The zero-order chi connectivity index (χ0) is 14.4. The number of pyridine rings is 1. The van der Waals surface area contributed by atoms with Crippen molar-refractivity contribution in [1.82, 2.24) is 4.98 Å². The zero-order valence-electron chi connectivity index (χ0n) is 10.7. The van der Waals surface area contributed by atoms with Gasteiger partial charge in [-0.2, -0.15) is 4.98 Å². The summed E-state index contributed by atoms with van der Waals surface area (Å²) < 4.78 is 29.2. The van der Waals surface area contributed by atoms with Gasteiger partial charge in [0.25, 0.3) is 5.91 Å². The van der Waals surface area contributed by atoms with Gasteiger partial charge in [0.2, 0.25) is 15.7 Å². The minimum absolute atomic E-state index is 0.171. The maximum absolute atomic E-state index is 11.5. The van der Waals surface area contributed by atoms with Gasteiger partial charge in [0.05, 0.1) is 17.2 Å². The molecule has 0 radical (unpaired) electrons. The molecule has 2 rings (SSSR count). The van der Waals surface area contributed by atoms with Gasteiger partial charge in [-0.15, -0.1) is 0 Å². The van der Waals surface area contributed by atoms with Crippen LogP contribution in [0.5, 0.6) is 0 Å². The second-order valence-corrected chi connectivity index (χ2v) is 6.24. The highest BCUT2D eigenvalue weighted by molar-refractivity contribution is 7.92. The number of anilines is 1. The summed E-state index contributed by atoms with van der Waals surface area (Å²) in [6, 6.07) is 1.63. The molecule has 0 saturated carbocycles. The van der Waals surface area contributed by atoms with Gasteiger partial charge in [0.15, 0.2) is 0 Å². The van der Waals surface area contributed by atoms with Crippen LogP contribution in [0.25, 0.3) is 11.1 Å². The van der Waals surface area contributed by atoms with Crippen LogP contribution in [0, 0.1) is 6.92 Å². The Bertz CT molecular complexity index is 764. The number of primary amides is 1. The van der Waals surface area contributed by atoms with E-state index >= 15 is 0 Å². The van der Waals surface area contributed by atoms with Crippen LogP contribution < -0.4 is 10.0 Å². The number of rotatable bonds is 3. The Balaban J connectivity index is 2.68. The van der Waals surface area contributed by atoms with Crippen LogP contribution >= 0.6 is 0 Å². The molecule has 0 unspecified atom stereocenters.